The summed E-state index contributed by atoms with van der Waals surface area (Å²) in [6, 6.07) is 13.7. The number of fused-ring (bicyclic) bond motifs is 1. The summed E-state index contributed by atoms with van der Waals surface area (Å²) in [4.78, 5) is 25.5. The molecule has 0 aromatic heterocycles. The van der Waals surface area contributed by atoms with Gasteiger partial charge in [0.1, 0.15) is 5.82 Å². The molecule has 8 heteroatoms. The quantitative estimate of drug-likeness (QED) is 0.534. The molecule has 1 aliphatic rings. The normalized spacial score (nSPS) is 13.0. The zero-order valence-electron chi connectivity index (χ0n) is 15.5. The number of benzene rings is 3. The van der Waals surface area contributed by atoms with Crippen molar-refractivity contribution in [2.24, 2.45) is 0 Å². The highest BCUT2D eigenvalue weighted by Crippen LogP contribution is 2.43. The Balaban J connectivity index is 1.98. The number of hydrogen-bond acceptors (Lipinski definition) is 2. The van der Waals surface area contributed by atoms with Crippen LogP contribution in [0, 0.1) is 5.82 Å². The molecule has 0 atom stereocenters. The van der Waals surface area contributed by atoms with E-state index in [0.717, 1.165) is 5.56 Å². The van der Waals surface area contributed by atoms with E-state index in [1.165, 1.54) is 17.0 Å². The number of nitrogens with zero attached hydrogens (tertiary/aromatic N) is 1. The number of rotatable bonds is 4. The first kappa shape index (κ1) is 20.2. The van der Waals surface area contributed by atoms with Gasteiger partial charge in [0, 0.05) is 12.1 Å². The standard InChI is InChI=1S/C22H15Cl2FN2O3/c23-17-2-1-3-18(24)21(17)27-19-9-12(10-20(28)29)8-15(16(19)11-26-22(27)30)13-4-6-14(25)7-5-13/h1-9H,10-11H2,(H,26,30)(H,28,29). The Hall–Kier alpha value is -3.09. The van der Waals surface area contributed by atoms with Crippen LogP contribution in [0.5, 0.6) is 0 Å². The Morgan fingerprint density at radius 1 is 1.10 bits per heavy atom. The first-order valence-electron chi connectivity index (χ1n) is 9.00. The van der Waals surface area contributed by atoms with Crippen molar-refractivity contribution in [3.8, 4) is 11.1 Å². The molecular formula is C22H15Cl2FN2O3. The van der Waals surface area contributed by atoms with Crippen LogP contribution in [-0.4, -0.2) is 17.1 Å². The molecule has 5 nitrogen and oxygen atoms in total. The molecule has 30 heavy (non-hydrogen) atoms. The number of para-hydroxylation sites is 1. The number of urea groups is 1. The molecule has 0 aliphatic carbocycles. The van der Waals surface area contributed by atoms with Gasteiger partial charge < -0.3 is 10.4 Å². The van der Waals surface area contributed by atoms with Crippen molar-refractivity contribution >= 4 is 46.6 Å². The summed E-state index contributed by atoms with van der Waals surface area (Å²) < 4.78 is 13.4. The third-order valence-electron chi connectivity index (χ3n) is 4.82. The number of carbonyl (C=O) groups is 2. The van der Waals surface area contributed by atoms with Crippen LogP contribution in [0.4, 0.5) is 20.6 Å². The first-order valence-corrected chi connectivity index (χ1v) is 9.76. The summed E-state index contributed by atoms with van der Waals surface area (Å²) in [5.41, 5.74) is 3.40. The lowest BCUT2D eigenvalue weighted by Gasteiger charge is -2.33. The fourth-order valence-electron chi connectivity index (χ4n) is 3.54. The van der Waals surface area contributed by atoms with Crippen molar-refractivity contribution in [3.63, 3.8) is 0 Å². The summed E-state index contributed by atoms with van der Waals surface area (Å²) in [6.45, 7) is 0.215. The van der Waals surface area contributed by atoms with Crippen LogP contribution in [-0.2, 0) is 17.8 Å². The summed E-state index contributed by atoms with van der Waals surface area (Å²) in [5.74, 6) is -1.39. The predicted molar refractivity (Wildman–Crippen MR) is 114 cm³/mol. The van der Waals surface area contributed by atoms with Crippen LogP contribution in [0.25, 0.3) is 11.1 Å². The lowest BCUT2D eigenvalue weighted by molar-refractivity contribution is -0.136. The number of carbonyl (C=O) groups excluding carboxylic acids is 1. The average molecular weight is 445 g/mol. The van der Waals surface area contributed by atoms with E-state index < -0.39 is 12.0 Å². The Labute approximate surface area is 181 Å². The molecule has 0 bridgehead atoms. The molecule has 3 aromatic carbocycles. The van der Waals surface area contributed by atoms with Crippen LogP contribution < -0.4 is 10.2 Å². The maximum atomic E-state index is 13.4. The first-order chi connectivity index (χ1) is 14.3. The number of carboxylic acids is 1. The van der Waals surface area contributed by atoms with Gasteiger partial charge in [0.05, 0.1) is 27.8 Å². The highest BCUT2D eigenvalue weighted by atomic mass is 35.5. The van der Waals surface area contributed by atoms with Gasteiger partial charge in [-0.05, 0) is 47.0 Å². The highest BCUT2D eigenvalue weighted by Gasteiger charge is 2.31. The van der Waals surface area contributed by atoms with E-state index >= 15 is 0 Å². The van der Waals surface area contributed by atoms with E-state index in [-0.39, 0.29) is 28.8 Å². The summed E-state index contributed by atoms with van der Waals surface area (Å²) >= 11 is 12.7. The SMILES string of the molecule is O=C(O)Cc1cc(-c2ccc(F)cc2)c2c(c1)N(c1c(Cl)cccc1Cl)C(=O)NC2. The van der Waals surface area contributed by atoms with Crippen LogP contribution in [0.15, 0.2) is 54.6 Å². The van der Waals surface area contributed by atoms with E-state index in [0.29, 0.717) is 28.1 Å². The van der Waals surface area contributed by atoms with Gasteiger partial charge in [-0.25, -0.2) is 9.18 Å². The van der Waals surface area contributed by atoms with Crippen molar-refractivity contribution in [1.29, 1.82) is 0 Å². The molecule has 1 heterocycles. The lowest BCUT2D eigenvalue weighted by atomic mass is 9.92. The Bertz CT molecular complexity index is 1150. The lowest BCUT2D eigenvalue weighted by Crippen LogP contribution is -2.41. The minimum Gasteiger partial charge on any atom is -0.481 e. The van der Waals surface area contributed by atoms with Crippen LogP contribution in [0.1, 0.15) is 11.1 Å². The topological polar surface area (TPSA) is 69.6 Å². The maximum absolute atomic E-state index is 13.4. The largest absolute Gasteiger partial charge is 0.481 e. The fraction of sp³-hybridized carbons (Fsp3) is 0.0909. The number of halogens is 3. The third-order valence-corrected chi connectivity index (χ3v) is 5.43. The molecule has 0 spiro atoms. The van der Waals surface area contributed by atoms with Gasteiger partial charge in [0.15, 0.2) is 0 Å². The van der Waals surface area contributed by atoms with E-state index in [4.69, 9.17) is 23.2 Å². The molecule has 0 radical (unpaired) electrons. The Morgan fingerprint density at radius 2 is 1.77 bits per heavy atom. The second-order valence-electron chi connectivity index (χ2n) is 6.78. The van der Waals surface area contributed by atoms with E-state index in [1.54, 1.807) is 42.5 Å². The third kappa shape index (κ3) is 3.72. The fourth-order valence-corrected chi connectivity index (χ4v) is 4.11. The van der Waals surface area contributed by atoms with Gasteiger partial charge >= 0.3 is 12.0 Å². The summed E-state index contributed by atoms with van der Waals surface area (Å²) in [7, 11) is 0. The second kappa shape index (κ2) is 7.97. The molecule has 0 saturated heterocycles. The minimum atomic E-state index is -1.01. The van der Waals surface area contributed by atoms with Gasteiger partial charge in [0.25, 0.3) is 0 Å². The zero-order chi connectivity index (χ0) is 21.4. The summed E-state index contributed by atoms with van der Waals surface area (Å²) in [5, 5.41) is 12.7. The Morgan fingerprint density at radius 3 is 2.40 bits per heavy atom. The van der Waals surface area contributed by atoms with Crippen molar-refractivity contribution in [3.05, 3.63) is 81.6 Å². The smallest absolute Gasteiger partial charge is 0.326 e. The van der Waals surface area contributed by atoms with E-state index in [9.17, 15) is 19.1 Å². The monoisotopic (exact) mass is 444 g/mol. The van der Waals surface area contributed by atoms with Crippen molar-refractivity contribution in [1.82, 2.24) is 5.32 Å². The molecule has 152 valence electrons. The second-order valence-corrected chi connectivity index (χ2v) is 7.60. The number of anilines is 2. The molecule has 3 aromatic rings. The van der Waals surface area contributed by atoms with Crippen molar-refractivity contribution in [2.45, 2.75) is 13.0 Å². The summed E-state index contributed by atoms with van der Waals surface area (Å²) in [6.07, 6.45) is -0.243. The molecule has 1 aliphatic heterocycles. The predicted octanol–water partition coefficient (Wildman–Crippen LogP) is 5.79. The van der Waals surface area contributed by atoms with Crippen LogP contribution in [0.3, 0.4) is 0 Å². The van der Waals surface area contributed by atoms with Crippen molar-refractivity contribution in [2.75, 3.05) is 4.90 Å². The number of carboxylic acid groups (broad SMARTS) is 1. The van der Waals surface area contributed by atoms with Gasteiger partial charge in [-0.3, -0.25) is 9.69 Å². The van der Waals surface area contributed by atoms with Crippen LogP contribution >= 0.6 is 23.2 Å². The average Bonchev–Trinajstić information content (AvgIpc) is 2.69. The van der Waals surface area contributed by atoms with Gasteiger partial charge in [-0.1, -0.05) is 47.5 Å². The molecule has 2 N–H and O–H groups in total. The molecule has 0 unspecified atom stereocenters. The highest BCUT2D eigenvalue weighted by molar-refractivity contribution is 6.40. The Kier molecular flexibility index (Phi) is 5.37. The zero-order valence-corrected chi connectivity index (χ0v) is 17.0. The number of amides is 2. The maximum Gasteiger partial charge on any atom is 0.326 e. The van der Waals surface area contributed by atoms with Gasteiger partial charge in [0.2, 0.25) is 0 Å². The van der Waals surface area contributed by atoms with Gasteiger partial charge in [-0.15, -0.1) is 0 Å². The number of aliphatic carboxylic acids is 1. The minimum absolute atomic E-state index is 0.215. The number of hydrogen-bond donors (Lipinski definition) is 2. The van der Waals surface area contributed by atoms with E-state index in [2.05, 4.69) is 5.32 Å². The molecule has 4 rings (SSSR count). The number of nitrogens with one attached hydrogen (secondary N) is 1. The molecule has 2 amide bonds. The van der Waals surface area contributed by atoms with Crippen molar-refractivity contribution < 1.29 is 19.1 Å². The molecule has 0 fully saturated rings. The molecule has 0 saturated carbocycles. The van der Waals surface area contributed by atoms with Gasteiger partial charge in [-0.2, -0.15) is 0 Å². The molecular weight excluding hydrogens is 430 g/mol. The van der Waals surface area contributed by atoms with Crippen LogP contribution in [0.2, 0.25) is 10.0 Å². The van der Waals surface area contributed by atoms with E-state index in [1.807, 2.05) is 0 Å².